The number of aromatic nitrogens is 7. The molecule has 102 valence electrons. The highest BCUT2D eigenvalue weighted by atomic mass is 32.1. The molecule has 3 aromatic rings. The van der Waals surface area contributed by atoms with E-state index in [1.807, 2.05) is 5.38 Å². The Bertz CT molecular complexity index is 664. The van der Waals surface area contributed by atoms with Crippen molar-refractivity contribution in [2.75, 3.05) is 17.7 Å². The van der Waals surface area contributed by atoms with E-state index in [1.54, 1.807) is 24.6 Å². The number of hydrogen-bond acceptors (Lipinski definition) is 9. The molecule has 0 saturated carbocycles. The smallest absolute Gasteiger partial charge is 0.258 e. The quantitative estimate of drug-likeness (QED) is 0.702. The molecule has 0 saturated heterocycles. The van der Waals surface area contributed by atoms with E-state index in [0.717, 1.165) is 5.01 Å². The number of nitrogens with one attached hydrogen (secondary N) is 2. The van der Waals surface area contributed by atoms with Gasteiger partial charge in [-0.25, -0.2) is 9.97 Å². The van der Waals surface area contributed by atoms with Crippen molar-refractivity contribution >= 4 is 23.2 Å². The van der Waals surface area contributed by atoms with Gasteiger partial charge in [0.05, 0.1) is 6.54 Å². The summed E-state index contributed by atoms with van der Waals surface area (Å²) >= 11 is 1.57. The highest BCUT2D eigenvalue weighted by molar-refractivity contribution is 7.09. The number of hydrogen-bond donors (Lipinski definition) is 2. The maximum absolute atomic E-state index is 4.29. The maximum Gasteiger partial charge on any atom is 0.258 e. The third-order valence-electron chi connectivity index (χ3n) is 2.35. The van der Waals surface area contributed by atoms with Gasteiger partial charge in [0.15, 0.2) is 0 Å². The molecule has 0 unspecified atom stereocenters. The lowest BCUT2D eigenvalue weighted by molar-refractivity contribution is 0.795. The fraction of sp³-hybridized carbons (Fsp3) is 0.200. The van der Waals surface area contributed by atoms with Crippen LogP contribution in [0.4, 0.5) is 11.9 Å². The Hall–Kier alpha value is -2.62. The normalized spacial score (nSPS) is 10.4. The summed E-state index contributed by atoms with van der Waals surface area (Å²) in [5.41, 5.74) is 0. The Kier molecular flexibility index (Phi) is 3.46. The first kappa shape index (κ1) is 12.4. The van der Waals surface area contributed by atoms with E-state index in [9.17, 15) is 0 Å². The van der Waals surface area contributed by atoms with Gasteiger partial charge in [0.2, 0.25) is 11.9 Å². The van der Waals surface area contributed by atoms with Crippen molar-refractivity contribution in [3.63, 3.8) is 0 Å². The van der Waals surface area contributed by atoms with Crippen LogP contribution in [0.5, 0.6) is 0 Å². The fourth-order valence-corrected chi connectivity index (χ4v) is 2.02. The minimum Gasteiger partial charge on any atom is -0.357 e. The summed E-state index contributed by atoms with van der Waals surface area (Å²) in [6, 6.07) is 0. The van der Waals surface area contributed by atoms with E-state index < -0.39 is 0 Å². The summed E-state index contributed by atoms with van der Waals surface area (Å²) in [5, 5.41) is 12.9. The van der Waals surface area contributed by atoms with Crippen LogP contribution in [0.25, 0.3) is 5.95 Å². The molecule has 3 heterocycles. The van der Waals surface area contributed by atoms with E-state index >= 15 is 0 Å². The average Bonchev–Trinajstić information content (AvgIpc) is 3.17. The van der Waals surface area contributed by atoms with Crippen molar-refractivity contribution in [1.82, 2.24) is 34.7 Å². The second-order valence-corrected chi connectivity index (χ2v) is 4.63. The maximum atomic E-state index is 4.29. The Labute approximate surface area is 118 Å². The van der Waals surface area contributed by atoms with E-state index in [4.69, 9.17) is 0 Å². The summed E-state index contributed by atoms with van der Waals surface area (Å²) < 4.78 is 1.47. The average molecular weight is 289 g/mol. The van der Waals surface area contributed by atoms with Crippen LogP contribution >= 0.6 is 11.3 Å². The molecule has 10 heteroatoms. The van der Waals surface area contributed by atoms with Gasteiger partial charge in [-0.3, -0.25) is 0 Å². The van der Waals surface area contributed by atoms with Crippen molar-refractivity contribution in [3.05, 3.63) is 29.2 Å². The molecule has 0 aliphatic heterocycles. The lowest BCUT2D eigenvalue weighted by Crippen LogP contribution is -2.11. The minimum absolute atomic E-state index is 0.392. The van der Waals surface area contributed by atoms with E-state index in [0.29, 0.717) is 24.4 Å². The standard InChI is InChI=1S/C10H11N9S/c1-11-8-16-9(14-4-7-13-2-3-20-7)18-10(17-8)19-6-12-5-15-19/h2-3,5-6H,4H2,1H3,(H2,11,14,16,17,18). The molecule has 2 N–H and O–H groups in total. The lowest BCUT2D eigenvalue weighted by atomic mass is 10.6. The first-order valence-corrected chi connectivity index (χ1v) is 6.64. The van der Waals surface area contributed by atoms with Gasteiger partial charge in [0, 0.05) is 18.6 Å². The Balaban J connectivity index is 1.84. The zero-order valence-electron chi connectivity index (χ0n) is 10.6. The van der Waals surface area contributed by atoms with E-state index in [1.165, 1.54) is 17.3 Å². The van der Waals surface area contributed by atoms with Crippen LogP contribution < -0.4 is 10.6 Å². The van der Waals surface area contributed by atoms with Gasteiger partial charge >= 0.3 is 0 Å². The number of nitrogens with zero attached hydrogens (tertiary/aromatic N) is 7. The molecule has 0 fully saturated rings. The first-order chi connectivity index (χ1) is 9.85. The van der Waals surface area contributed by atoms with Gasteiger partial charge in [-0.05, 0) is 0 Å². The molecule has 0 spiro atoms. The van der Waals surface area contributed by atoms with Crippen molar-refractivity contribution in [3.8, 4) is 5.95 Å². The van der Waals surface area contributed by atoms with E-state index in [-0.39, 0.29) is 0 Å². The van der Waals surface area contributed by atoms with Crippen LogP contribution in [0.15, 0.2) is 24.2 Å². The van der Waals surface area contributed by atoms with Gasteiger partial charge in [-0.2, -0.15) is 24.7 Å². The van der Waals surface area contributed by atoms with Crippen LogP contribution in [0.1, 0.15) is 5.01 Å². The van der Waals surface area contributed by atoms with Crippen molar-refractivity contribution in [2.45, 2.75) is 6.54 Å². The first-order valence-electron chi connectivity index (χ1n) is 5.76. The third-order valence-corrected chi connectivity index (χ3v) is 3.13. The minimum atomic E-state index is 0.392. The van der Waals surface area contributed by atoms with Crippen LogP contribution in [-0.2, 0) is 6.54 Å². The van der Waals surface area contributed by atoms with Crippen molar-refractivity contribution in [2.24, 2.45) is 0 Å². The SMILES string of the molecule is CNc1nc(NCc2nccs2)nc(-n2cncn2)n1. The van der Waals surface area contributed by atoms with Crippen molar-refractivity contribution < 1.29 is 0 Å². The Morgan fingerprint density at radius 1 is 1.25 bits per heavy atom. The van der Waals surface area contributed by atoms with Crippen LogP contribution in [-0.4, -0.2) is 41.7 Å². The zero-order valence-corrected chi connectivity index (χ0v) is 11.4. The summed E-state index contributed by atoms with van der Waals surface area (Å²) in [5.74, 6) is 1.29. The highest BCUT2D eigenvalue weighted by Crippen LogP contribution is 2.10. The second kappa shape index (κ2) is 5.57. The van der Waals surface area contributed by atoms with Crippen LogP contribution in [0.3, 0.4) is 0 Å². The van der Waals surface area contributed by atoms with Gasteiger partial charge < -0.3 is 10.6 Å². The van der Waals surface area contributed by atoms with Crippen LogP contribution in [0, 0.1) is 0 Å². The van der Waals surface area contributed by atoms with Crippen molar-refractivity contribution in [1.29, 1.82) is 0 Å². The molecule has 3 aromatic heterocycles. The molecule has 0 radical (unpaired) electrons. The van der Waals surface area contributed by atoms with Gasteiger partial charge in [0.1, 0.15) is 17.7 Å². The fourth-order valence-electron chi connectivity index (χ4n) is 1.46. The molecule has 0 amide bonds. The molecule has 0 bridgehead atoms. The predicted molar refractivity (Wildman–Crippen MR) is 73.7 cm³/mol. The molecule has 0 aliphatic rings. The molecule has 3 rings (SSSR count). The molecule has 0 atom stereocenters. The monoisotopic (exact) mass is 289 g/mol. The van der Waals surface area contributed by atoms with Gasteiger partial charge in [-0.15, -0.1) is 11.3 Å². The number of anilines is 2. The molecule has 0 aromatic carbocycles. The molecule has 9 nitrogen and oxygen atoms in total. The number of rotatable bonds is 5. The van der Waals surface area contributed by atoms with Gasteiger partial charge in [0.25, 0.3) is 5.95 Å². The lowest BCUT2D eigenvalue weighted by Gasteiger charge is -2.07. The summed E-state index contributed by atoms with van der Waals surface area (Å²) in [7, 11) is 1.74. The molecular formula is C10H11N9S. The highest BCUT2D eigenvalue weighted by Gasteiger charge is 2.08. The van der Waals surface area contributed by atoms with E-state index in [2.05, 4.69) is 40.7 Å². The summed E-state index contributed by atoms with van der Waals surface area (Å²) in [6.45, 7) is 0.557. The zero-order chi connectivity index (χ0) is 13.8. The summed E-state index contributed by atoms with van der Waals surface area (Å²) in [6.07, 6.45) is 4.71. The predicted octanol–water partition coefficient (Wildman–Crippen LogP) is 0.563. The Morgan fingerprint density at radius 2 is 2.15 bits per heavy atom. The third kappa shape index (κ3) is 2.69. The summed E-state index contributed by atoms with van der Waals surface area (Å²) in [4.78, 5) is 20.8. The molecule has 20 heavy (non-hydrogen) atoms. The van der Waals surface area contributed by atoms with Crippen LogP contribution in [0.2, 0.25) is 0 Å². The molecule has 0 aliphatic carbocycles. The number of thiazole rings is 1. The topological polar surface area (TPSA) is 106 Å². The molecular weight excluding hydrogens is 278 g/mol. The van der Waals surface area contributed by atoms with Gasteiger partial charge in [-0.1, -0.05) is 0 Å². The largest absolute Gasteiger partial charge is 0.357 e. The second-order valence-electron chi connectivity index (χ2n) is 3.65. The Morgan fingerprint density at radius 3 is 2.85 bits per heavy atom.